The van der Waals surface area contributed by atoms with E-state index in [1.165, 1.54) is 19.2 Å². The van der Waals surface area contributed by atoms with Gasteiger partial charge in [0.1, 0.15) is 0 Å². The first kappa shape index (κ1) is 22.1. The Bertz CT molecular complexity index is 714. The molecule has 5 nitrogen and oxygen atoms in total. The molecule has 0 aliphatic heterocycles. The van der Waals surface area contributed by atoms with Crippen molar-refractivity contribution in [2.45, 2.75) is 24.7 Å². The standard InChI is InChI=1S/C15H19Cl2F2NO4S/c1-3-6-20(9-12(18)19)15(21)13-10(16)4-5-11(14(13)17)25(22,23)8-7-24-2/h4-5,12H,3,6-9H2,1-2H3. The summed E-state index contributed by atoms with van der Waals surface area (Å²) in [5, 5.41) is -0.472. The molecule has 0 bridgehead atoms. The molecule has 1 aromatic rings. The number of nitrogens with zero attached hydrogens (tertiary/aromatic N) is 1. The van der Waals surface area contributed by atoms with Gasteiger partial charge < -0.3 is 9.64 Å². The molecule has 1 aromatic carbocycles. The van der Waals surface area contributed by atoms with E-state index in [9.17, 15) is 22.0 Å². The molecule has 0 radical (unpaired) electrons. The van der Waals surface area contributed by atoms with E-state index in [-0.39, 0.29) is 39.4 Å². The van der Waals surface area contributed by atoms with Gasteiger partial charge in [0.2, 0.25) is 0 Å². The molecule has 0 heterocycles. The van der Waals surface area contributed by atoms with Gasteiger partial charge in [0, 0.05) is 13.7 Å². The zero-order valence-electron chi connectivity index (χ0n) is 13.8. The molecule has 1 amide bonds. The van der Waals surface area contributed by atoms with E-state index in [0.29, 0.717) is 6.42 Å². The van der Waals surface area contributed by atoms with Gasteiger partial charge in [0.25, 0.3) is 12.3 Å². The van der Waals surface area contributed by atoms with Gasteiger partial charge in [-0.15, -0.1) is 0 Å². The van der Waals surface area contributed by atoms with Crippen LogP contribution < -0.4 is 0 Å². The number of rotatable bonds is 9. The minimum Gasteiger partial charge on any atom is -0.384 e. The molecule has 0 N–H and O–H groups in total. The highest BCUT2D eigenvalue weighted by Crippen LogP contribution is 2.33. The maximum absolute atomic E-state index is 12.7. The van der Waals surface area contributed by atoms with Crippen LogP contribution in [0.4, 0.5) is 8.78 Å². The Labute approximate surface area is 155 Å². The van der Waals surface area contributed by atoms with Crippen LogP contribution in [-0.2, 0) is 14.6 Å². The zero-order valence-corrected chi connectivity index (χ0v) is 16.1. The lowest BCUT2D eigenvalue weighted by Crippen LogP contribution is -2.36. The van der Waals surface area contributed by atoms with Crippen molar-refractivity contribution < 1.29 is 26.7 Å². The van der Waals surface area contributed by atoms with Crippen molar-refractivity contribution in [1.82, 2.24) is 4.90 Å². The minimum absolute atomic E-state index is 0.0576. The van der Waals surface area contributed by atoms with Crippen LogP contribution in [0.1, 0.15) is 23.7 Å². The third kappa shape index (κ3) is 5.77. The molecule has 0 spiro atoms. The Morgan fingerprint density at radius 3 is 2.48 bits per heavy atom. The van der Waals surface area contributed by atoms with Gasteiger partial charge >= 0.3 is 0 Å². The molecule has 0 saturated carbocycles. The first-order chi connectivity index (χ1) is 11.7. The number of halogens is 4. The third-order valence-corrected chi connectivity index (χ3v) is 5.83. The summed E-state index contributed by atoms with van der Waals surface area (Å²) in [5.74, 6) is -1.17. The van der Waals surface area contributed by atoms with Crippen molar-refractivity contribution in [3.8, 4) is 0 Å². The summed E-state index contributed by atoms with van der Waals surface area (Å²) in [6.07, 6.45) is -2.29. The highest BCUT2D eigenvalue weighted by molar-refractivity contribution is 7.91. The number of carbonyl (C=O) groups excluding carboxylic acids is 1. The van der Waals surface area contributed by atoms with E-state index in [2.05, 4.69) is 0 Å². The summed E-state index contributed by atoms with van der Waals surface area (Å²) in [7, 11) is -2.47. The summed E-state index contributed by atoms with van der Waals surface area (Å²) >= 11 is 12.1. The average Bonchev–Trinajstić information content (AvgIpc) is 2.51. The smallest absolute Gasteiger partial charge is 0.257 e. The largest absolute Gasteiger partial charge is 0.384 e. The second-order valence-electron chi connectivity index (χ2n) is 5.19. The highest BCUT2D eigenvalue weighted by Gasteiger charge is 2.28. The fraction of sp³-hybridized carbons (Fsp3) is 0.533. The van der Waals surface area contributed by atoms with Crippen LogP contribution in [0.25, 0.3) is 0 Å². The average molecular weight is 418 g/mol. The Balaban J connectivity index is 3.35. The fourth-order valence-corrected chi connectivity index (χ4v) is 4.28. The van der Waals surface area contributed by atoms with Crippen LogP contribution >= 0.6 is 23.2 Å². The number of alkyl halides is 2. The fourth-order valence-electron chi connectivity index (χ4n) is 2.14. The number of hydrogen-bond donors (Lipinski definition) is 0. The zero-order chi connectivity index (χ0) is 19.2. The Kier molecular flexibility index (Phi) is 8.53. The molecule has 0 fully saturated rings. The van der Waals surface area contributed by atoms with Gasteiger partial charge in [-0.3, -0.25) is 4.79 Å². The van der Waals surface area contributed by atoms with Crippen LogP contribution in [0, 0.1) is 0 Å². The predicted molar refractivity (Wildman–Crippen MR) is 92.6 cm³/mol. The molecule has 0 aromatic heterocycles. The summed E-state index contributed by atoms with van der Waals surface area (Å²) in [5.41, 5.74) is -0.295. The SMILES string of the molecule is CCCN(CC(F)F)C(=O)c1c(Cl)ccc(S(=O)(=O)CCOC)c1Cl. The van der Waals surface area contributed by atoms with Gasteiger partial charge in [0.05, 0.1) is 39.4 Å². The lowest BCUT2D eigenvalue weighted by Gasteiger charge is -2.23. The molecule has 0 unspecified atom stereocenters. The van der Waals surface area contributed by atoms with E-state index >= 15 is 0 Å². The van der Waals surface area contributed by atoms with Crippen LogP contribution in [0.15, 0.2) is 17.0 Å². The molecule has 0 aliphatic carbocycles. The van der Waals surface area contributed by atoms with Crippen LogP contribution in [0.5, 0.6) is 0 Å². The number of amides is 1. The summed E-state index contributed by atoms with van der Waals surface area (Å²) in [6.45, 7) is 0.939. The van der Waals surface area contributed by atoms with Gasteiger partial charge in [-0.05, 0) is 18.6 Å². The molecule has 0 atom stereocenters. The molecule has 0 aliphatic rings. The van der Waals surface area contributed by atoms with E-state index < -0.39 is 28.7 Å². The summed E-state index contributed by atoms with van der Waals surface area (Å²) in [4.78, 5) is 13.2. The van der Waals surface area contributed by atoms with Crippen molar-refractivity contribution in [3.05, 3.63) is 27.7 Å². The Morgan fingerprint density at radius 1 is 1.32 bits per heavy atom. The van der Waals surface area contributed by atoms with Crippen LogP contribution in [0.2, 0.25) is 10.0 Å². The second-order valence-corrected chi connectivity index (χ2v) is 8.05. The van der Waals surface area contributed by atoms with Gasteiger partial charge in [-0.2, -0.15) is 0 Å². The highest BCUT2D eigenvalue weighted by atomic mass is 35.5. The molecule has 1 rings (SSSR count). The van der Waals surface area contributed by atoms with E-state index in [0.717, 1.165) is 4.90 Å². The van der Waals surface area contributed by atoms with Crippen LogP contribution in [-0.4, -0.2) is 58.2 Å². The second kappa shape index (κ2) is 9.66. The molecule has 0 saturated heterocycles. The normalized spacial score (nSPS) is 11.8. The number of hydrogen-bond acceptors (Lipinski definition) is 4. The summed E-state index contributed by atoms with van der Waals surface area (Å²) < 4.78 is 54.8. The number of ether oxygens (including phenoxy) is 1. The lowest BCUT2D eigenvalue weighted by molar-refractivity contribution is 0.0555. The molecule has 142 valence electrons. The molecular formula is C15H19Cl2F2NO4S. The first-order valence-corrected chi connectivity index (χ1v) is 9.83. The monoisotopic (exact) mass is 417 g/mol. The van der Waals surface area contributed by atoms with E-state index in [1.807, 2.05) is 0 Å². The minimum atomic E-state index is -3.82. The maximum atomic E-state index is 12.7. The number of sulfone groups is 1. The lowest BCUT2D eigenvalue weighted by atomic mass is 10.2. The van der Waals surface area contributed by atoms with E-state index in [1.54, 1.807) is 6.92 Å². The quantitative estimate of drug-likeness (QED) is 0.616. The van der Waals surface area contributed by atoms with Crippen molar-refractivity contribution >= 4 is 38.9 Å². The number of benzene rings is 1. The first-order valence-electron chi connectivity index (χ1n) is 7.42. The van der Waals surface area contributed by atoms with Crippen molar-refractivity contribution in [2.75, 3.05) is 32.6 Å². The molecular weight excluding hydrogens is 399 g/mol. The predicted octanol–water partition coefficient (Wildman–Crippen LogP) is 3.53. The topological polar surface area (TPSA) is 63.7 Å². The Morgan fingerprint density at radius 2 is 1.96 bits per heavy atom. The van der Waals surface area contributed by atoms with Crippen molar-refractivity contribution in [1.29, 1.82) is 0 Å². The summed E-state index contributed by atoms with van der Waals surface area (Å²) in [6, 6.07) is 2.40. The van der Waals surface area contributed by atoms with Gasteiger partial charge in [-0.1, -0.05) is 30.1 Å². The van der Waals surface area contributed by atoms with Crippen molar-refractivity contribution in [3.63, 3.8) is 0 Å². The molecule has 10 heteroatoms. The van der Waals surface area contributed by atoms with Gasteiger partial charge in [0.15, 0.2) is 9.84 Å². The molecule has 25 heavy (non-hydrogen) atoms. The maximum Gasteiger partial charge on any atom is 0.257 e. The Hall–Kier alpha value is -0.960. The van der Waals surface area contributed by atoms with E-state index in [4.69, 9.17) is 27.9 Å². The van der Waals surface area contributed by atoms with Gasteiger partial charge in [-0.25, -0.2) is 17.2 Å². The van der Waals surface area contributed by atoms with Crippen LogP contribution in [0.3, 0.4) is 0 Å². The van der Waals surface area contributed by atoms with Crippen molar-refractivity contribution in [2.24, 2.45) is 0 Å². The number of carbonyl (C=O) groups is 1. The third-order valence-electron chi connectivity index (χ3n) is 3.30. The number of methoxy groups -OCH3 is 1.